The quantitative estimate of drug-likeness (QED) is 0.835. The molecule has 0 spiro atoms. The molecule has 0 saturated carbocycles. The minimum atomic E-state index is 0.145. The Balaban J connectivity index is 1.88. The first-order chi connectivity index (χ1) is 9.22. The summed E-state index contributed by atoms with van der Waals surface area (Å²) < 4.78 is 10.6. The van der Waals surface area contributed by atoms with Gasteiger partial charge >= 0.3 is 0 Å². The van der Waals surface area contributed by atoms with E-state index in [-0.39, 0.29) is 5.75 Å². The molecular weight excluding hydrogens is 244 g/mol. The van der Waals surface area contributed by atoms with Crippen LogP contribution in [0.25, 0.3) is 0 Å². The van der Waals surface area contributed by atoms with E-state index in [2.05, 4.69) is 10.3 Å². The fraction of sp³-hybridized carbons (Fsp3) is 0.357. The van der Waals surface area contributed by atoms with E-state index in [9.17, 15) is 5.11 Å². The van der Waals surface area contributed by atoms with Crippen LogP contribution in [0.5, 0.6) is 11.5 Å². The number of hydrogen-bond donors (Lipinski definition) is 2. The molecule has 5 heteroatoms. The SMILES string of the molecule is CCc1cnc(CNCc2ccc(O)c(OC)c2)o1. The van der Waals surface area contributed by atoms with E-state index in [0.717, 1.165) is 17.7 Å². The molecule has 0 aliphatic heterocycles. The molecule has 102 valence electrons. The van der Waals surface area contributed by atoms with Gasteiger partial charge in [0.2, 0.25) is 5.89 Å². The van der Waals surface area contributed by atoms with Crippen LogP contribution >= 0.6 is 0 Å². The number of rotatable bonds is 6. The Labute approximate surface area is 112 Å². The van der Waals surface area contributed by atoms with Crippen LogP contribution in [0.1, 0.15) is 24.1 Å². The van der Waals surface area contributed by atoms with Crippen molar-refractivity contribution in [3.05, 3.63) is 41.6 Å². The first-order valence-electron chi connectivity index (χ1n) is 6.23. The standard InChI is InChI=1S/C14H18N2O3/c1-3-11-8-16-14(19-11)9-15-7-10-4-5-12(17)13(6-10)18-2/h4-6,8,15,17H,3,7,9H2,1-2H3. The van der Waals surface area contributed by atoms with Crippen LogP contribution in [-0.4, -0.2) is 17.2 Å². The van der Waals surface area contributed by atoms with E-state index in [1.165, 1.54) is 7.11 Å². The maximum atomic E-state index is 9.50. The summed E-state index contributed by atoms with van der Waals surface area (Å²) in [6.07, 6.45) is 2.60. The Morgan fingerprint density at radius 3 is 2.89 bits per heavy atom. The van der Waals surface area contributed by atoms with E-state index in [1.54, 1.807) is 18.3 Å². The van der Waals surface area contributed by atoms with Crippen LogP contribution in [0, 0.1) is 0 Å². The molecule has 2 rings (SSSR count). The molecule has 0 unspecified atom stereocenters. The van der Waals surface area contributed by atoms with Crippen molar-refractivity contribution >= 4 is 0 Å². The van der Waals surface area contributed by atoms with Crippen molar-refractivity contribution in [2.45, 2.75) is 26.4 Å². The number of aromatic hydroxyl groups is 1. The number of methoxy groups -OCH3 is 1. The minimum Gasteiger partial charge on any atom is -0.504 e. The lowest BCUT2D eigenvalue weighted by molar-refractivity contribution is 0.372. The summed E-state index contributed by atoms with van der Waals surface area (Å²) in [5.41, 5.74) is 1.02. The lowest BCUT2D eigenvalue weighted by atomic mass is 10.2. The summed E-state index contributed by atoms with van der Waals surface area (Å²) in [5, 5.41) is 12.7. The topological polar surface area (TPSA) is 67.5 Å². The average molecular weight is 262 g/mol. The molecule has 0 aliphatic rings. The zero-order valence-electron chi connectivity index (χ0n) is 11.1. The molecule has 19 heavy (non-hydrogen) atoms. The number of aromatic nitrogens is 1. The van der Waals surface area contributed by atoms with Crippen LogP contribution in [0.2, 0.25) is 0 Å². The van der Waals surface area contributed by atoms with Gasteiger partial charge in [0, 0.05) is 13.0 Å². The van der Waals surface area contributed by atoms with Crippen molar-refractivity contribution in [3.63, 3.8) is 0 Å². The normalized spacial score (nSPS) is 10.6. The van der Waals surface area contributed by atoms with E-state index in [1.807, 2.05) is 13.0 Å². The molecule has 5 nitrogen and oxygen atoms in total. The number of phenols is 1. The van der Waals surface area contributed by atoms with Crippen LogP contribution in [0.15, 0.2) is 28.8 Å². The molecule has 2 N–H and O–H groups in total. The third-order valence-corrected chi connectivity index (χ3v) is 2.80. The highest BCUT2D eigenvalue weighted by Crippen LogP contribution is 2.26. The van der Waals surface area contributed by atoms with E-state index in [4.69, 9.17) is 9.15 Å². The number of nitrogens with zero attached hydrogens (tertiary/aromatic N) is 1. The molecule has 1 aromatic carbocycles. The highest BCUT2D eigenvalue weighted by atomic mass is 16.5. The lowest BCUT2D eigenvalue weighted by Gasteiger charge is -2.07. The Bertz CT molecular complexity index is 537. The summed E-state index contributed by atoms with van der Waals surface area (Å²) >= 11 is 0. The van der Waals surface area contributed by atoms with Crippen LogP contribution in [0.3, 0.4) is 0 Å². The first-order valence-corrected chi connectivity index (χ1v) is 6.23. The van der Waals surface area contributed by atoms with Crippen LogP contribution < -0.4 is 10.1 Å². The van der Waals surface area contributed by atoms with Crippen molar-refractivity contribution in [1.82, 2.24) is 10.3 Å². The Hall–Kier alpha value is -2.01. The smallest absolute Gasteiger partial charge is 0.208 e. The molecular formula is C14H18N2O3. The largest absolute Gasteiger partial charge is 0.504 e. The maximum absolute atomic E-state index is 9.50. The maximum Gasteiger partial charge on any atom is 0.208 e. The number of nitrogens with one attached hydrogen (secondary N) is 1. The summed E-state index contributed by atoms with van der Waals surface area (Å²) in [6, 6.07) is 5.27. The second kappa shape index (κ2) is 6.24. The molecule has 0 atom stereocenters. The van der Waals surface area contributed by atoms with Gasteiger partial charge in [0.15, 0.2) is 11.5 Å². The Morgan fingerprint density at radius 1 is 1.37 bits per heavy atom. The summed E-state index contributed by atoms with van der Waals surface area (Å²) in [4.78, 5) is 4.17. The molecule has 0 aliphatic carbocycles. The molecule has 2 aromatic rings. The highest BCUT2D eigenvalue weighted by Gasteiger charge is 2.04. The van der Waals surface area contributed by atoms with Crippen molar-refractivity contribution < 1.29 is 14.3 Å². The fourth-order valence-electron chi connectivity index (χ4n) is 1.74. The van der Waals surface area contributed by atoms with E-state index in [0.29, 0.717) is 24.7 Å². The van der Waals surface area contributed by atoms with Gasteiger partial charge in [-0.05, 0) is 17.7 Å². The molecule has 0 fully saturated rings. The lowest BCUT2D eigenvalue weighted by Crippen LogP contribution is -2.12. The third kappa shape index (κ3) is 3.48. The number of oxazole rings is 1. The molecule has 0 radical (unpaired) electrons. The van der Waals surface area contributed by atoms with Crippen molar-refractivity contribution in [2.24, 2.45) is 0 Å². The minimum absolute atomic E-state index is 0.145. The number of hydrogen-bond acceptors (Lipinski definition) is 5. The summed E-state index contributed by atoms with van der Waals surface area (Å²) in [6.45, 7) is 3.25. The zero-order chi connectivity index (χ0) is 13.7. The van der Waals surface area contributed by atoms with Crippen molar-refractivity contribution in [1.29, 1.82) is 0 Å². The predicted octanol–water partition coefficient (Wildman–Crippen LogP) is 2.24. The molecule has 1 aromatic heterocycles. The van der Waals surface area contributed by atoms with Gasteiger partial charge in [0.25, 0.3) is 0 Å². The van der Waals surface area contributed by atoms with Crippen LogP contribution in [0.4, 0.5) is 0 Å². The number of phenolic OH excluding ortho intramolecular Hbond substituents is 1. The van der Waals surface area contributed by atoms with Gasteiger partial charge in [0.1, 0.15) is 5.76 Å². The summed E-state index contributed by atoms with van der Waals surface area (Å²) in [7, 11) is 1.53. The summed E-state index contributed by atoms with van der Waals surface area (Å²) in [5.74, 6) is 2.20. The first kappa shape index (κ1) is 13.4. The second-order valence-electron chi connectivity index (χ2n) is 4.18. The predicted molar refractivity (Wildman–Crippen MR) is 71.1 cm³/mol. The van der Waals surface area contributed by atoms with Gasteiger partial charge in [0.05, 0.1) is 19.9 Å². The van der Waals surface area contributed by atoms with Gasteiger partial charge < -0.3 is 19.6 Å². The average Bonchev–Trinajstić information content (AvgIpc) is 2.88. The second-order valence-corrected chi connectivity index (χ2v) is 4.18. The Morgan fingerprint density at radius 2 is 2.21 bits per heavy atom. The molecule has 0 bridgehead atoms. The van der Waals surface area contributed by atoms with Gasteiger partial charge in [-0.15, -0.1) is 0 Å². The van der Waals surface area contributed by atoms with Gasteiger partial charge in [-0.1, -0.05) is 13.0 Å². The number of ether oxygens (including phenoxy) is 1. The molecule has 0 amide bonds. The third-order valence-electron chi connectivity index (χ3n) is 2.80. The monoisotopic (exact) mass is 262 g/mol. The van der Waals surface area contributed by atoms with Gasteiger partial charge in [-0.3, -0.25) is 0 Å². The van der Waals surface area contributed by atoms with Crippen molar-refractivity contribution in [2.75, 3.05) is 7.11 Å². The van der Waals surface area contributed by atoms with Gasteiger partial charge in [-0.2, -0.15) is 0 Å². The van der Waals surface area contributed by atoms with Gasteiger partial charge in [-0.25, -0.2) is 4.98 Å². The zero-order valence-corrected chi connectivity index (χ0v) is 11.1. The van der Waals surface area contributed by atoms with E-state index >= 15 is 0 Å². The highest BCUT2D eigenvalue weighted by molar-refractivity contribution is 5.41. The number of aryl methyl sites for hydroxylation is 1. The van der Waals surface area contributed by atoms with E-state index < -0.39 is 0 Å². The number of benzene rings is 1. The fourth-order valence-corrected chi connectivity index (χ4v) is 1.74. The molecule has 0 saturated heterocycles. The van der Waals surface area contributed by atoms with Crippen molar-refractivity contribution in [3.8, 4) is 11.5 Å². The molecule has 1 heterocycles. The van der Waals surface area contributed by atoms with Crippen LogP contribution in [-0.2, 0) is 19.5 Å². The Kier molecular flexibility index (Phi) is 4.41.